The van der Waals surface area contributed by atoms with Crippen LogP contribution in [0, 0.1) is 22.0 Å². The number of Topliss-reactive ketones (excluding diaryl/α,β-unsaturated/α-hetero) is 1. The van der Waals surface area contributed by atoms with E-state index in [0.29, 0.717) is 0 Å². The van der Waals surface area contributed by atoms with Gasteiger partial charge in [-0.05, 0) is 45.1 Å². The van der Waals surface area contributed by atoms with Gasteiger partial charge >= 0.3 is 5.97 Å². The van der Waals surface area contributed by atoms with Crippen LogP contribution in [-0.4, -0.2) is 28.8 Å². The summed E-state index contributed by atoms with van der Waals surface area (Å²) in [7, 11) is 0. The molecule has 0 amide bonds. The van der Waals surface area contributed by atoms with Crippen LogP contribution in [0.3, 0.4) is 0 Å². The zero-order valence-corrected chi connectivity index (χ0v) is 16.3. The lowest BCUT2D eigenvalue weighted by atomic mass is 9.70. The van der Waals surface area contributed by atoms with Crippen molar-refractivity contribution in [2.75, 3.05) is 6.54 Å². The molecule has 0 bridgehead atoms. The molecule has 1 fully saturated rings. The highest BCUT2D eigenvalue weighted by atomic mass is 16.6. The van der Waals surface area contributed by atoms with E-state index < -0.39 is 34.1 Å². The number of ketones is 1. The predicted molar refractivity (Wildman–Crippen MR) is 102 cm³/mol. The van der Waals surface area contributed by atoms with Crippen LogP contribution in [0.4, 0.5) is 0 Å². The average molecular weight is 375 g/mol. The summed E-state index contributed by atoms with van der Waals surface area (Å²) in [6.07, 6.45) is 4.65. The van der Waals surface area contributed by atoms with E-state index in [-0.39, 0.29) is 12.5 Å². The van der Waals surface area contributed by atoms with Crippen LogP contribution in [0.2, 0.25) is 0 Å². The highest BCUT2D eigenvalue weighted by molar-refractivity contribution is 6.34. The molecule has 1 aliphatic rings. The van der Waals surface area contributed by atoms with Crippen LogP contribution in [-0.2, 0) is 14.3 Å². The van der Waals surface area contributed by atoms with Crippen molar-refractivity contribution in [1.82, 2.24) is 0 Å². The van der Waals surface area contributed by atoms with Crippen molar-refractivity contribution in [2.45, 2.75) is 64.4 Å². The first-order chi connectivity index (χ1) is 12.7. The van der Waals surface area contributed by atoms with Gasteiger partial charge in [0.1, 0.15) is 5.60 Å². The van der Waals surface area contributed by atoms with Gasteiger partial charge in [-0.25, -0.2) is 4.79 Å². The van der Waals surface area contributed by atoms with Crippen LogP contribution in [0.1, 0.15) is 64.4 Å². The Hall–Kier alpha value is -2.24. The maximum absolute atomic E-state index is 13.1. The van der Waals surface area contributed by atoms with Crippen LogP contribution in [0.15, 0.2) is 30.3 Å². The molecule has 6 heteroatoms. The van der Waals surface area contributed by atoms with Gasteiger partial charge in [0.25, 0.3) is 0 Å². The lowest BCUT2D eigenvalue weighted by Gasteiger charge is -2.33. The molecule has 0 unspecified atom stereocenters. The Labute approximate surface area is 160 Å². The summed E-state index contributed by atoms with van der Waals surface area (Å²) >= 11 is 0. The normalized spacial score (nSPS) is 17.7. The molecule has 2 atom stereocenters. The summed E-state index contributed by atoms with van der Waals surface area (Å²) in [5.74, 6) is -2.92. The smallest absolute Gasteiger partial charge is 0.375 e. The van der Waals surface area contributed by atoms with Crippen molar-refractivity contribution < 1.29 is 19.2 Å². The van der Waals surface area contributed by atoms with Crippen molar-refractivity contribution >= 4 is 11.8 Å². The number of carbonyl (C=O) groups excluding carboxylic acids is 2. The van der Waals surface area contributed by atoms with E-state index in [1.165, 1.54) is 0 Å². The van der Waals surface area contributed by atoms with Crippen molar-refractivity contribution in [1.29, 1.82) is 0 Å². The lowest BCUT2D eigenvalue weighted by Crippen LogP contribution is -2.40. The van der Waals surface area contributed by atoms with Gasteiger partial charge in [0, 0.05) is 10.8 Å². The third-order valence-corrected chi connectivity index (χ3v) is 5.07. The molecule has 1 aromatic carbocycles. The summed E-state index contributed by atoms with van der Waals surface area (Å²) in [5, 5.41) is 11.4. The third-order valence-electron chi connectivity index (χ3n) is 5.07. The van der Waals surface area contributed by atoms with Gasteiger partial charge < -0.3 is 4.74 Å². The Bertz CT molecular complexity index is 659. The van der Waals surface area contributed by atoms with Gasteiger partial charge in [0.05, 0.1) is 5.92 Å². The summed E-state index contributed by atoms with van der Waals surface area (Å²) < 4.78 is 5.30. The molecule has 0 spiro atoms. The molecule has 2 rings (SSSR count). The Morgan fingerprint density at radius 1 is 1.15 bits per heavy atom. The largest absolute Gasteiger partial charge is 0.454 e. The second-order valence-corrected chi connectivity index (χ2v) is 8.32. The highest BCUT2D eigenvalue weighted by Gasteiger charge is 2.43. The number of benzene rings is 1. The summed E-state index contributed by atoms with van der Waals surface area (Å²) in [6.45, 7) is 4.75. The summed E-state index contributed by atoms with van der Waals surface area (Å²) in [4.78, 5) is 36.6. The number of ether oxygens (including phenoxy) is 1. The summed E-state index contributed by atoms with van der Waals surface area (Å²) in [6, 6.07) is 9.03. The molecule has 0 N–H and O–H groups in total. The highest BCUT2D eigenvalue weighted by Crippen LogP contribution is 2.39. The lowest BCUT2D eigenvalue weighted by molar-refractivity contribution is -0.484. The van der Waals surface area contributed by atoms with Gasteiger partial charge in [-0.2, -0.15) is 0 Å². The van der Waals surface area contributed by atoms with Crippen LogP contribution in [0.25, 0.3) is 0 Å². The topological polar surface area (TPSA) is 86.5 Å². The number of nitrogens with zero attached hydrogens (tertiary/aromatic N) is 1. The van der Waals surface area contributed by atoms with Crippen LogP contribution < -0.4 is 0 Å². The number of esters is 1. The monoisotopic (exact) mass is 375 g/mol. The van der Waals surface area contributed by atoms with Crippen molar-refractivity contribution in [3.8, 4) is 0 Å². The molecule has 6 nitrogen and oxygen atoms in total. The fraction of sp³-hybridized carbons (Fsp3) is 0.619. The maximum atomic E-state index is 13.1. The van der Waals surface area contributed by atoms with Gasteiger partial charge in [-0.15, -0.1) is 0 Å². The minimum atomic E-state index is -0.887. The minimum Gasteiger partial charge on any atom is -0.454 e. The van der Waals surface area contributed by atoms with Gasteiger partial charge in [0.2, 0.25) is 12.3 Å². The second-order valence-electron chi connectivity index (χ2n) is 8.32. The third kappa shape index (κ3) is 6.15. The molecule has 0 radical (unpaired) electrons. The average Bonchev–Trinajstić information content (AvgIpc) is 2.61. The van der Waals surface area contributed by atoms with Gasteiger partial charge in [-0.3, -0.25) is 14.9 Å². The molecule has 0 aromatic heterocycles. The number of hydrogen-bond acceptors (Lipinski definition) is 5. The molecule has 1 saturated carbocycles. The molecule has 1 aliphatic carbocycles. The van der Waals surface area contributed by atoms with Crippen molar-refractivity contribution in [2.24, 2.45) is 11.8 Å². The Morgan fingerprint density at radius 2 is 1.74 bits per heavy atom. The van der Waals surface area contributed by atoms with Crippen molar-refractivity contribution in [3.63, 3.8) is 0 Å². The fourth-order valence-corrected chi connectivity index (χ4v) is 3.97. The molecule has 0 aliphatic heterocycles. The van der Waals surface area contributed by atoms with E-state index >= 15 is 0 Å². The van der Waals surface area contributed by atoms with Crippen LogP contribution >= 0.6 is 0 Å². The first-order valence-electron chi connectivity index (χ1n) is 9.63. The van der Waals surface area contributed by atoms with E-state index in [1.54, 1.807) is 45.0 Å². The molecule has 0 saturated heterocycles. The molecule has 148 valence electrons. The Morgan fingerprint density at radius 3 is 2.26 bits per heavy atom. The number of rotatable bonds is 7. The first kappa shape index (κ1) is 21.1. The zero-order valence-electron chi connectivity index (χ0n) is 16.3. The van der Waals surface area contributed by atoms with E-state index in [2.05, 4.69) is 0 Å². The van der Waals surface area contributed by atoms with Crippen molar-refractivity contribution in [3.05, 3.63) is 46.0 Å². The minimum absolute atomic E-state index is 0.0380. The zero-order chi connectivity index (χ0) is 20.0. The summed E-state index contributed by atoms with van der Waals surface area (Å²) in [5.41, 5.74) is -0.0588. The number of carbonyl (C=O) groups is 2. The maximum Gasteiger partial charge on any atom is 0.375 e. The van der Waals surface area contributed by atoms with E-state index in [0.717, 1.165) is 37.7 Å². The molecule has 1 aromatic rings. The Kier molecular flexibility index (Phi) is 7.11. The fourth-order valence-electron chi connectivity index (χ4n) is 3.97. The molecule has 27 heavy (non-hydrogen) atoms. The second kappa shape index (κ2) is 9.11. The van der Waals surface area contributed by atoms with E-state index in [9.17, 15) is 19.7 Å². The van der Waals surface area contributed by atoms with Gasteiger partial charge in [0.15, 0.2) is 0 Å². The van der Waals surface area contributed by atoms with Gasteiger partial charge in [-0.1, -0.05) is 49.6 Å². The van der Waals surface area contributed by atoms with Crippen LogP contribution in [0.5, 0.6) is 0 Å². The first-order valence-corrected chi connectivity index (χ1v) is 9.63. The van der Waals surface area contributed by atoms with E-state index in [1.807, 2.05) is 6.07 Å². The SMILES string of the molecule is CC(C)(C)OC(=O)C(=O)[C@H](C1CCCCC1)[C@@H](C[N+](=O)[O-])c1ccccc1. The number of nitro groups is 1. The standard InChI is InChI=1S/C21H29NO5/c1-21(2,3)27-20(24)19(23)18(16-12-8-5-9-13-16)17(14-22(25)26)15-10-6-4-7-11-15/h4,6-7,10-11,16-18H,5,8-9,12-14H2,1-3H3/t17-,18+/m0/s1. The molecular weight excluding hydrogens is 346 g/mol. The van der Waals surface area contributed by atoms with E-state index in [4.69, 9.17) is 4.74 Å². The quantitative estimate of drug-likeness (QED) is 0.309. The molecule has 0 heterocycles. The molecular formula is C21H29NO5. The number of hydrogen-bond donors (Lipinski definition) is 0. The predicted octanol–water partition coefficient (Wildman–Crippen LogP) is 4.15. The Balaban J connectivity index is 2.40.